The van der Waals surface area contributed by atoms with E-state index in [9.17, 15) is 0 Å². The molecule has 1 N–H and O–H groups in total. The lowest BCUT2D eigenvalue weighted by molar-refractivity contribution is 0.421. The molecule has 1 fully saturated rings. The summed E-state index contributed by atoms with van der Waals surface area (Å²) in [6, 6.07) is 6.95. The number of rotatable bonds is 5. The van der Waals surface area contributed by atoms with Gasteiger partial charge in [-0.15, -0.1) is 0 Å². The molecule has 1 heterocycles. The van der Waals surface area contributed by atoms with Gasteiger partial charge in [0.1, 0.15) is 5.75 Å². The summed E-state index contributed by atoms with van der Waals surface area (Å²) in [5.41, 5.74) is 4.53. The summed E-state index contributed by atoms with van der Waals surface area (Å²) in [6.45, 7) is 7.01. The lowest BCUT2D eigenvalue weighted by Gasteiger charge is -2.12. The minimum absolute atomic E-state index is 0.679. The summed E-state index contributed by atoms with van der Waals surface area (Å²) < 4.78 is 8.02. The molecule has 21 heavy (non-hydrogen) atoms. The van der Waals surface area contributed by atoms with Crippen LogP contribution in [0.15, 0.2) is 18.2 Å². The average Bonchev–Trinajstić information content (AvgIpc) is 3.21. The van der Waals surface area contributed by atoms with Crippen LogP contribution in [-0.4, -0.2) is 15.8 Å². The fraction of sp³-hybridized carbons (Fsp3) is 0.471. The Labute approximate surface area is 126 Å². The number of aryl methyl sites for hydroxylation is 4. The first-order valence-corrected chi connectivity index (χ1v) is 7.55. The van der Waals surface area contributed by atoms with Crippen molar-refractivity contribution in [3.63, 3.8) is 0 Å². The van der Waals surface area contributed by atoms with Gasteiger partial charge in [-0.25, -0.2) is 4.68 Å². The molecule has 2 aromatic rings. The van der Waals surface area contributed by atoms with Gasteiger partial charge in [0.2, 0.25) is 5.88 Å². The second-order valence-electron chi connectivity index (χ2n) is 6.02. The Morgan fingerprint density at radius 3 is 2.76 bits per heavy atom. The number of ether oxygens (including phenoxy) is 1. The van der Waals surface area contributed by atoms with Crippen molar-refractivity contribution in [1.29, 1.82) is 0 Å². The van der Waals surface area contributed by atoms with E-state index in [1.807, 2.05) is 18.7 Å². The number of nitrogens with zero attached hydrogens (tertiary/aromatic N) is 2. The lowest BCUT2D eigenvalue weighted by atomic mass is 10.1. The van der Waals surface area contributed by atoms with Crippen molar-refractivity contribution in [2.24, 2.45) is 7.05 Å². The molecule has 1 aliphatic carbocycles. The van der Waals surface area contributed by atoms with Crippen LogP contribution in [0, 0.1) is 20.8 Å². The van der Waals surface area contributed by atoms with E-state index in [1.165, 1.54) is 18.4 Å². The summed E-state index contributed by atoms with van der Waals surface area (Å²) in [7, 11) is 1.94. The van der Waals surface area contributed by atoms with E-state index < -0.39 is 0 Å². The molecule has 1 aromatic heterocycles. The van der Waals surface area contributed by atoms with Crippen LogP contribution in [0.2, 0.25) is 0 Å². The molecule has 4 heteroatoms. The molecule has 3 rings (SSSR count). The van der Waals surface area contributed by atoms with Crippen LogP contribution < -0.4 is 10.1 Å². The summed E-state index contributed by atoms with van der Waals surface area (Å²) in [6.07, 6.45) is 2.57. The molecule has 0 atom stereocenters. The zero-order valence-electron chi connectivity index (χ0n) is 13.2. The minimum Gasteiger partial charge on any atom is -0.439 e. The summed E-state index contributed by atoms with van der Waals surface area (Å²) in [4.78, 5) is 0. The Kier molecular flexibility index (Phi) is 3.72. The van der Waals surface area contributed by atoms with Crippen molar-refractivity contribution in [2.45, 2.75) is 46.2 Å². The van der Waals surface area contributed by atoms with Crippen molar-refractivity contribution in [3.05, 3.63) is 40.6 Å². The zero-order valence-corrected chi connectivity index (χ0v) is 13.2. The summed E-state index contributed by atoms with van der Waals surface area (Å²) in [5.74, 6) is 1.75. The van der Waals surface area contributed by atoms with Crippen LogP contribution in [0.5, 0.6) is 11.6 Å². The Balaban J connectivity index is 1.87. The monoisotopic (exact) mass is 285 g/mol. The number of nitrogens with one attached hydrogen (secondary N) is 1. The van der Waals surface area contributed by atoms with E-state index in [0.29, 0.717) is 6.04 Å². The zero-order chi connectivity index (χ0) is 15.0. The highest BCUT2D eigenvalue weighted by atomic mass is 16.5. The van der Waals surface area contributed by atoms with Gasteiger partial charge in [-0.05, 0) is 50.8 Å². The fourth-order valence-corrected chi connectivity index (χ4v) is 2.47. The van der Waals surface area contributed by atoms with Gasteiger partial charge in [-0.1, -0.05) is 12.1 Å². The second kappa shape index (κ2) is 5.53. The first-order chi connectivity index (χ1) is 10.0. The molecule has 0 radical (unpaired) electrons. The Morgan fingerprint density at radius 1 is 1.29 bits per heavy atom. The van der Waals surface area contributed by atoms with E-state index in [0.717, 1.165) is 35.0 Å². The average molecular weight is 285 g/mol. The molecule has 4 nitrogen and oxygen atoms in total. The second-order valence-corrected chi connectivity index (χ2v) is 6.02. The van der Waals surface area contributed by atoms with Crippen LogP contribution >= 0.6 is 0 Å². The lowest BCUT2D eigenvalue weighted by Crippen LogP contribution is -2.16. The van der Waals surface area contributed by atoms with E-state index in [-0.39, 0.29) is 0 Å². The van der Waals surface area contributed by atoms with Gasteiger partial charge in [0.15, 0.2) is 0 Å². The molecule has 1 aromatic carbocycles. The highest BCUT2D eigenvalue weighted by Crippen LogP contribution is 2.30. The maximum absolute atomic E-state index is 6.19. The van der Waals surface area contributed by atoms with Gasteiger partial charge in [0, 0.05) is 19.6 Å². The quantitative estimate of drug-likeness (QED) is 0.915. The molecule has 112 valence electrons. The third-order valence-electron chi connectivity index (χ3n) is 3.98. The molecule has 0 bridgehead atoms. The van der Waals surface area contributed by atoms with Crippen LogP contribution in [-0.2, 0) is 13.6 Å². The Bertz CT molecular complexity index is 656. The van der Waals surface area contributed by atoms with Gasteiger partial charge >= 0.3 is 0 Å². The van der Waals surface area contributed by atoms with Crippen molar-refractivity contribution in [1.82, 2.24) is 15.1 Å². The highest BCUT2D eigenvalue weighted by Gasteiger charge is 2.23. The van der Waals surface area contributed by atoms with Crippen LogP contribution in [0.1, 0.15) is 35.2 Å². The molecule has 0 unspecified atom stereocenters. The summed E-state index contributed by atoms with van der Waals surface area (Å²) in [5, 5.41) is 8.06. The van der Waals surface area contributed by atoms with E-state index in [2.05, 4.69) is 42.5 Å². The molecule has 0 spiro atoms. The van der Waals surface area contributed by atoms with Crippen molar-refractivity contribution in [3.8, 4) is 11.6 Å². The maximum atomic E-state index is 6.19. The molecular formula is C17H23N3O. The number of benzene rings is 1. The first-order valence-electron chi connectivity index (χ1n) is 7.55. The topological polar surface area (TPSA) is 39.1 Å². The highest BCUT2D eigenvalue weighted by molar-refractivity contribution is 5.41. The molecule has 0 aliphatic heterocycles. The van der Waals surface area contributed by atoms with Gasteiger partial charge in [0.25, 0.3) is 0 Å². The van der Waals surface area contributed by atoms with Gasteiger partial charge in [-0.2, -0.15) is 5.10 Å². The van der Waals surface area contributed by atoms with E-state index in [4.69, 9.17) is 4.74 Å². The first kappa shape index (κ1) is 14.1. The van der Waals surface area contributed by atoms with Crippen LogP contribution in [0.25, 0.3) is 0 Å². The van der Waals surface area contributed by atoms with Gasteiger partial charge in [-0.3, -0.25) is 0 Å². The number of hydrogen-bond acceptors (Lipinski definition) is 3. The number of hydrogen-bond donors (Lipinski definition) is 1. The fourth-order valence-electron chi connectivity index (χ4n) is 2.47. The third kappa shape index (κ3) is 3.10. The van der Waals surface area contributed by atoms with Gasteiger partial charge < -0.3 is 10.1 Å². The smallest absolute Gasteiger partial charge is 0.222 e. The van der Waals surface area contributed by atoms with Crippen molar-refractivity contribution >= 4 is 0 Å². The van der Waals surface area contributed by atoms with Crippen LogP contribution in [0.3, 0.4) is 0 Å². The molecular weight excluding hydrogens is 262 g/mol. The summed E-state index contributed by atoms with van der Waals surface area (Å²) >= 11 is 0. The van der Waals surface area contributed by atoms with Gasteiger partial charge in [0.05, 0.1) is 11.3 Å². The van der Waals surface area contributed by atoms with Crippen LogP contribution in [0.4, 0.5) is 0 Å². The molecule has 0 amide bonds. The molecule has 1 aliphatic rings. The Morgan fingerprint density at radius 2 is 2.05 bits per heavy atom. The minimum atomic E-state index is 0.679. The largest absolute Gasteiger partial charge is 0.439 e. The van der Waals surface area contributed by atoms with E-state index >= 15 is 0 Å². The molecule has 0 saturated heterocycles. The normalized spacial score (nSPS) is 14.5. The third-order valence-corrected chi connectivity index (χ3v) is 3.98. The van der Waals surface area contributed by atoms with Crippen molar-refractivity contribution in [2.75, 3.05) is 0 Å². The standard InChI is InChI=1S/C17H23N3O/c1-11-5-6-12(2)16(9-11)21-17-15(10-18-14-7-8-14)13(3)19-20(17)4/h5-6,9,14,18H,7-8,10H2,1-4H3. The maximum Gasteiger partial charge on any atom is 0.222 e. The van der Waals surface area contributed by atoms with E-state index in [1.54, 1.807) is 0 Å². The predicted octanol–water partition coefficient (Wildman–Crippen LogP) is 3.39. The van der Waals surface area contributed by atoms with Crippen molar-refractivity contribution < 1.29 is 4.74 Å². The Hall–Kier alpha value is -1.81. The number of aromatic nitrogens is 2. The SMILES string of the molecule is Cc1ccc(C)c(Oc2c(CNC3CC3)c(C)nn2C)c1. The predicted molar refractivity (Wildman–Crippen MR) is 83.8 cm³/mol. The molecule has 1 saturated carbocycles.